The van der Waals surface area contributed by atoms with Crippen LogP contribution in [0.4, 0.5) is 4.79 Å². The van der Waals surface area contributed by atoms with E-state index in [1.807, 2.05) is 41.3 Å². The zero-order valence-electron chi connectivity index (χ0n) is 14.9. The molecule has 5 nitrogen and oxygen atoms in total. The molecule has 1 aromatic heterocycles. The molecule has 1 aliphatic rings. The summed E-state index contributed by atoms with van der Waals surface area (Å²) in [6, 6.07) is 13.9. The zero-order chi connectivity index (χ0) is 17.7. The summed E-state index contributed by atoms with van der Waals surface area (Å²) >= 11 is 0. The first-order valence-electron chi connectivity index (χ1n) is 8.77. The van der Waals surface area contributed by atoms with Gasteiger partial charge in [0.2, 0.25) is 0 Å². The van der Waals surface area contributed by atoms with Gasteiger partial charge in [-0.3, -0.25) is 4.98 Å². The lowest BCUT2D eigenvalue weighted by atomic mass is 10.0. The van der Waals surface area contributed by atoms with Crippen molar-refractivity contribution in [3.8, 4) is 11.3 Å². The third-order valence-corrected chi connectivity index (χ3v) is 4.70. The number of carbonyl (C=O) groups is 1. The van der Waals surface area contributed by atoms with E-state index in [4.69, 9.17) is 4.74 Å². The fraction of sp³-hybridized carbons (Fsp3) is 0.400. The topological polar surface area (TPSA) is 54.5 Å². The SMILES string of the molecule is CCC1(C)CN(C(=O)NCc2cccc(-c3ccccn3)c2)CCO1. The molecule has 3 rings (SSSR count). The van der Waals surface area contributed by atoms with Crippen LogP contribution in [0, 0.1) is 0 Å². The normalized spacial score (nSPS) is 20.3. The summed E-state index contributed by atoms with van der Waals surface area (Å²) in [5, 5.41) is 3.02. The molecular weight excluding hydrogens is 314 g/mol. The van der Waals surface area contributed by atoms with E-state index >= 15 is 0 Å². The van der Waals surface area contributed by atoms with Crippen LogP contribution in [-0.2, 0) is 11.3 Å². The molecule has 0 radical (unpaired) electrons. The lowest BCUT2D eigenvalue weighted by Gasteiger charge is -2.39. The van der Waals surface area contributed by atoms with Crippen molar-refractivity contribution in [2.75, 3.05) is 19.7 Å². The number of nitrogens with one attached hydrogen (secondary N) is 1. The third kappa shape index (κ3) is 4.37. The van der Waals surface area contributed by atoms with Gasteiger partial charge in [0.05, 0.1) is 24.4 Å². The minimum Gasteiger partial charge on any atom is -0.372 e. The van der Waals surface area contributed by atoms with Gasteiger partial charge in [-0.05, 0) is 37.1 Å². The predicted molar refractivity (Wildman–Crippen MR) is 98.1 cm³/mol. The molecule has 2 heterocycles. The Kier molecular flexibility index (Phi) is 5.34. The van der Waals surface area contributed by atoms with Gasteiger partial charge in [-0.15, -0.1) is 0 Å². The molecule has 1 aromatic carbocycles. The number of pyridine rings is 1. The van der Waals surface area contributed by atoms with Gasteiger partial charge in [0.25, 0.3) is 0 Å². The van der Waals surface area contributed by atoms with Crippen LogP contribution in [0.5, 0.6) is 0 Å². The summed E-state index contributed by atoms with van der Waals surface area (Å²) in [4.78, 5) is 18.7. The van der Waals surface area contributed by atoms with E-state index in [-0.39, 0.29) is 11.6 Å². The number of aromatic nitrogens is 1. The number of hydrogen-bond acceptors (Lipinski definition) is 3. The first kappa shape index (κ1) is 17.4. The molecule has 2 amide bonds. The van der Waals surface area contributed by atoms with Gasteiger partial charge in [0.15, 0.2) is 0 Å². The van der Waals surface area contributed by atoms with Gasteiger partial charge in [0.1, 0.15) is 0 Å². The van der Waals surface area contributed by atoms with Crippen molar-refractivity contribution < 1.29 is 9.53 Å². The average Bonchev–Trinajstić information content (AvgIpc) is 2.67. The first-order chi connectivity index (χ1) is 12.1. The van der Waals surface area contributed by atoms with E-state index < -0.39 is 0 Å². The summed E-state index contributed by atoms with van der Waals surface area (Å²) in [7, 11) is 0. The van der Waals surface area contributed by atoms with Crippen LogP contribution in [0.25, 0.3) is 11.3 Å². The van der Waals surface area contributed by atoms with E-state index in [1.165, 1.54) is 0 Å². The number of carbonyl (C=O) groups excluding carboxylic acids is 1. The molecule has 0 aliphatic carbocycles. The van der Waals surface area contributed by atoms with Crippen molar-refractivity contribution >= 4 is 6.03 Å². The van der Waals surface area contributed by atoms with Gasteiger partial charge >= 0.3 is 6.03 Å². The number of urea groups is 1. The van der Waals surface area contributed by atoms with Crippen LogP contribution in [-0.4, -0.2) is 41.2 Å². The highest BCUT2D eigenvalue weighted by Gasteiger charge is 2.32. The highest BCUT2D eigenvalue weighted by Crippen LogP contribution is 2.21. The van der Waals surface area contributed by atoms with E-state index in [2.05, 4.69) is 30.2 Å². The lowest BCUT2D eigenvalue weighted by Crippen LogP contribution is -2.54. The molecule has 1 saturated heterocycles. The maximum Gasteiger partial charge on any atom is 0.317 e. The Morgan fingerprint density at radius 1 is 1.32 bits per heavy atom. The quantitative estimate of drug-likeness (QED) is 0.928. The smallest absolute Gasteiger partial charge is 0.317 e. The van der Waals surface area contributed by atoms with Crippen molar-refractivity contribution in [3.05, 3.63) is 54.2 Å². The maximum atomic E-state index is 12.5. The van der Waals surface area contributed by atoms with Crippen molar-refractivity contribution in [2.45, 2.75) is 32.4 Å². The van der Waals surface area contributed by atoms with Gasteiger partial charge in [-0.1, -0.05) is 31.2 Å². The number of benzene rings is 1. The van der Waals surface area contributed by atoms with Gasteiger partial charge < -0.3 is 15.0 Å². The number of ether oxygens (including phenoxy) is 1. The number of nitrogens with zero attached hydrogens (tertiary/aromatic N) is 2. The Hall–Kier alpha value is -2.40. The highest BCUT2D eigenvalue weighted by molar-refractivity contribution is 5.74. The molecule has 0 saturated carbocycles. The van der Waals surface area contributed by atoms with Crippen LogP contribution in [0.1, 0.15) is 25.8 Å². The Bertz CT molecular complexity index is 720. The Morgan fingerprint density at radius 3 is 2.96 bits per heavy atom. The van der Waals surface area contributed by atoms with E-state index in [9.17, 15) is 4.79 Å². The van der Waals surface area contributed by atoms with Crippen LogP contribution in [0.2, 0.25) is 0 Å². The van der Waals surface area contributed by atoms with Crippen molar-refractivity contribution in [1.29, 1.82) is 0 Å². The number of rotatable bonds is 4. The molecule has 1 fully saturated rings. The first-order valence-corrected chi connectivity index (χ1v) is 8.77. The van der Waals surface area contributed by atoms with E-state index in [0.29, 0.717) is 26.2 Å². The highest BCUT2D eigenvalue weighted by atomic mass is 16.5. The van der Waals surface area contributed by atoms with Gasteiger partial charge in [-0.2, -0.15) is 0 Å². The molecule has 2 aromatic rings. The third-order valence-electron chi connectivity index (χ3n) is 4.70. The molecule has 0 bridgehead atoms. The molecule has 132 valence electrons. The standard InChI is InChI=1S/C20H25N3O2/c1-3-20(2)15-23(11-12-25-20)19(24)22-14-16-7-6-8-17(13-16)18-9-4-5-10-21-18/h4-10,13H,3,11-12,14-15H2,1-2H3,(H,22,24). The average molecular weight is 339 g/mol. The molecule has 5 heteroatoms. The second-order valence-electron chi connectivity index (χ2n) is 6.65. The van der Waals surface area contributed by atoms with Gasteiger partial charge in [-0.25, -0.2) is 4.79 Å². The molecule has 1 unspecified atom stereocenters. The number of hydrogen-bond donors (Lipinski definition) is 1. The fourth-order valence-corrected chi connectivity index (χ4v) is 2.98. The second-order valence-corrected chi connectivity index (χ2v) is 6.65. The Balaban J connectivity index is 1.61. The second kappa shape index (κ2) is 7.66. The molecule has 1 aliphatic heterocycles. The van der Waals surface area contributed by atoms with Crippen LogP contribution in [0.3, 0.4) is 0 Å². The summed E-state index contributed by atoms with van der Waals surface area (Å²) in [5.74, 6) is 0. The largest absolute Gasteiger partial charge is 0.372 e. The predicted octanol–water partition coefficient (Wildman–Crippen LogP) is 3.46. The lowest BCUT2D eigenvalue weighted by molar-refractivity contribution is -0.0872. The molecular formula is C20H25N3O2. The fourth-order valence-electron chi connectivity index (χ4n) is 2.98. The monoisotopic (exact) mass is 339 g/mol. The Morgan fingerprint density at radius 2 is 2.20 bits per heavy atom. The molecule has 1 N–H and O–H groups in total. The maximum absolute atomic E-state index is 12.5. The summed E-state index contributed by atoms with van der Waals surface area (Å²) in [5.41, 5.74) is 2.80. The van der Waals surface area contributed by atoms with Crippen LogP contribution in [0.15, 0.2) is 48.7 Å². The molecule has 0 spiro atoms. The van der Waals surface area contributed by atoms with Crippen LogP contribution >= 0.6 is 0 Å². The van der Waals surface area contributed by atoms with E-state index in [0.717, 1.165) is 23.2 Å². The number of amides is 2. The zero-order valence-corrected chi connectivity index (χ0v) is 14.9. The van der Waals surface area contributed by atoms with Crippen LogP contribution < -0.4 is 5.32 Å². The van der Waals surface area contributed by atoms with Crippen molar-refractivity contribution in [2.24, 2.45) is 0 Å². The number of morpholine rings is 1. The van der Waals surface area contributed by atoms with Crippen molar-refractivity contribution in [1.82, 2.24) is 15.2 Å². The minimum atomic E-state index is -0.242. The van der Waals surface area contributed by atoms with Gasteiger partial charge in [0, 0.05) is 24.8 Å². The summed E-state index contributed by atoms with van der Waals surface area (Å²) < 4.78 is 5.79. The molecule has 25 heavy (non-hydrogen) atoms. The van der Waals surface area contributed by atoms with Crippen molar-refractivity contribution in [3.63, 3.8) is 0 Å². The minimum absolute atomic E-state index is 0.0359. The molecule has 1 atom stereocenters. The summed E-state index contributed by atoms with van der Waals surface area (Å²) in [6.07, 6.45) is 2.68. The summed E-state index contributed by atoms with van der Waals surface area (Å²) in [6.45, 7) is 6.50. The van der Waals surface area contributed by atoms with E-state index in [1.54, 1.807) is 6.20 Å². The Labute approximate surface area is 149 Å².